The number of primary sulfonamides is 1. The van der Waals surface area contributed by atoms with Crippen LogP contribution in [0.3, 0.4) is 0 Å². The first-order chi connectivity index (χ1) is 8.45. The molecule has 0 aliphatic rings. The first-order valence-corrected chi connectivity index (χ1v) is 7.82. The van der Waals surface area contributed by atoms with Gasteiger partial charge in [-0.25, -0.2) is 13.6 Å². The summed E-state index contributed by atoms with van der Waals surface area (Å²) in [6, 6.07) is 4.56. The lowest BCUT2D eigenvalue weighted by atomic mass is 10.3. The molecule has 1 aromatic rings. The number of terminal acetylenes is 1. The van der Waals surface area contributed by atoms with Crippen molar-refractivity contribution >= 4 is 33.2 Å². The van der Waals surface area contributed by atoms with Crippen LogP contribution >= 0.6 is 11.8 Å². The lowest BCUT2D eigenvalue weighted by Crippen LogP contribution is -2.14. The molecule has 0 saturated heterocycles. The number of thioether (sulfide) groups is 1. The number of benzene rings is 1. The molecule has 0 fully saturated rings. The standard InChI is InChI=1S/C11H15N3O2S2/c1-2-6-17-7-5-14-9-3-4-11(10(12)8-9)18(13,15)16/h1,3-4,8,14H,5-7,12H2,(H2,13,15,16). The molecule has 5 nitrogen and oxygen atoms in total. The fourth-order valence-corrected chi connectivity index (χ4v) is 2.47. The predicted molar refractivity (Wildman–Crippen MR) is 76.9 cm³/mol. The van der Waals surface area contributed by atoms with E-state index in [2.05, 4.69) is 11.2 Å². The summed E-state index contributed by atoms with van der Waals surface area (Å²) in [6.07, 6.45) is 5.12. The number of rotatable bonds is 6. The molecule has 0 spiro atoms. The van der Waals surface area contributed by atoms with E-state index in [0.717, 1.165) is 18.0 Å². The molecule has 0 heterocycles. The second-order valence-electron chi connectivity index (χ2n) is 3.48. The Kier molecular flexibility index (Phi) is 5.34. The van der Waals surface area contributed by atoms with Gasteiger partial charge in [0.1, 0.15) is 4.90 Å². The summed E-state index contributed by atoms with van der Waals surface area (Å²) in [5.41, 5.74) is 6.52. The van der Waals surface area contributed by atoms with Gasteiger partial charge < -0.3 is 11.1 Å². The van der Waals surface area contributed by atoms with E-state index < -0.39 is 10.0 Å². The summed E-state index contributed by atoms with van der Waals surface area (Å²) in [4.78, 5) is -0.0604. The number of hydrogen-bond donors (Lipinski definition) is 3. The number of nitrogens with two attached hydrogens (primary N) is 2. The maximum atomic E-state index is 11.2. The third-order valence-corrected chi connectivity index (χ3v) is 3.93. The van der Waals surface area contributed by atoms with Crippen LogP contribution in [0, 0.1) is 12.3 Å². The molecule has 0 aromatic heterocycles. The Bertz CT molecular complexity index is 550. The van der Waals surface area contributed by atoms with Gasteiger partial charge in [-0.2, -0.15) is 0 Å². The van der Waals surface area contributed by atoms with Crippen molar-refractivity contribution in [1.82, 2.24) is 0 Å². The topological polar surface area (TPSA) is 98.2 Å². The maximum Gasteiger partial charge on any atom is 0.240 e. The molecule has 0 aliphatic carbocycles. The summed E-state index contributed by atoms with van der Waals surface area (Å²) in [7, 11) is -3.76. The molecule has 18 heavy (non-hydrogen) atoms. The number of nitrogens with one attached hydrogen (secondary N) is 1. The van der Waals surface area contributed by atoms with Crippen molar-refractivity contribution in [2.45, 2.75) is 4.90 Å². The van der Waals surface area contributed by atoms with E-state index in [1.165, 1.54) is 6.07 Å². The highest BCUT2D eigenvalue weighted by atomic mass is 32.2. The molecule has 0 unspecified atom stereocenters. The molecule has 0 radical (unpaired) electrons. The Hall–Kier alpha value is -1.36. The van der Waals surface area contributed by atoms with Gasteiger partial charge in [0.15, 0.2) is 0 Å². The Labute approximate surface area is 111 Å². The number of nitrogen functional groups attached to an aromatic ring is 1. The fourth-order valence-electron chi connectivity index (χ4n) is 1.32. The lowest BCUT2D eigenvalue weighted by molar-refractivity contribution is 0.598. The molecule has 0 saturated carbocycles. The van der Waals surface area contributed by atoms with Gasteiger partial charge in [0.2, 0.25) is 10.0 Å². The summed E-state index contributed by atoms with van der Waals surface area (Å²) in [5.74, 6) is 4.07. The Balaban J connectivity index is 2.60. The molecular formula is C11H15N3O2S2. The van der Waals surface area contributed by atoms with Crippen LogP contribution in [0.5, 0.6) is 0 Å². The predicted octanol–water partition coefficient (Wildman–Crippen LogP) is 0.694. The fraction of sp³-hybridized carbons (Fsp3) is 0.273. The first kappa shape index (κ1) is 14.7. The number of anilines is 2. The van der Waals surface area contributed by atoms with E-state index in [1.807, 2.05) is 0 Å². The number of sulfonamides is 1. The van der Waals surface area contributed by atoms with Crippen molar-refractivity contribution in [2.75, 3.05) is 29.1 Å². The second kappa shape index (κ2) is 6.54. The van der Waals surface area contributed by atoms with Gasteiger partial charge in [-0.15, -0.1) is 18.2 Å². The molecule has 5 N–H and O–H groups in total. The van der Waals surface area contributed by atoms with Crippen LogP contribution in [0.2, 0.25) is 0 Å². The van der Waals surface area contributed by atoms with E-state index in [4.69, 9.17) is 17.3 Å². The van der Waals surface area contributed by atoms with Gasteiger partial charge >= 0.3 is 0 Å². The van der Waals surface area contributed by atoms with E-state index in [0.29, 0.717) is 5.75 Å². The molecule has 0 bridgehead atoms. The van der Waals surface area contributed by atoms with Crippen LogP contribution in [0.15, 0.2) is 23.1 Å². The minimum Gasteiger partial charge on any atom is -0.398 e. The third-order valence-electron chi connectivity index (χ3n) is 2.08. The zero-order valence-electron chi connectivity index (χ0n) is 9.72. The van der Waals surface area contributed by atoms with Gasteiger partial charge in [-0.05, 0) is 18.2 Å². The van der Waals surface area contributed by atoms with E-state index in [9.17, 15) is 8.42 Å². The van der Waals surface area contributed by atoms with Gasteiger partial charge in [0.25, 0.3) is 0 Å². The molecule has 1 aromatic carbocycles. The van der Waals surface area contributed by atoms with E-state index >= 15 is 0 Å². The van der Waals surface area contributed by atoms with Crippen LogP contribution < -0.4 is 16.2 Å². The minimum atomic E-state index is -3.76. The molecule has 0 atom stereocenters. The van der Waals surface area contributed by atoms with E-state index in [-0.39, 0.29) is 10.6 Å². The maximum absolute atomic E-state index is 11.2. The normalized spacial score (nSPS) is 10.9. The summed E-state index contributed by atoms with van der Waals surface area (Å²) in [6.45, 7) is 0.723. The monoisotopic (exact) mass is 285 g/mol. The van der Waals surface area contributed by atoms with Crippen LogP contribution in [0.1, 0.15) is 0 Å². The van der Waals surface area contributed by atoms with Crippen molar-refractivity contribution in [3.63, 3.8) is 0 Å². The molecule has 98 valence electrons. The van der Waals surface area contributed by atoms with Gasteiger partial charge in [0, 0.05) is 18.0 Å². The first-order valence-electron chi connectivity index (χ1n) is 5.12. The van der Waals surface area contributed by atoms with E-state index in [1.54, 1.807) is 23.9 Å². The van der Waals surface area contributed by atoms with Crippen LogP contribution in [0.4, 0.5) is 11.4 Å². The smallest absolute Gasteiger partial charge is 0.240 e. The van der Waals surface area contributed by atoms with Gasteiger partial charge in [-0.3, -0.25) is 0 Å². The Morgan fingerprint density at radius 1 is 1.44 bits per heavy atom. The largest absolute Gasteiger partial charge is 0.398 e. The van der Waals surface area contributed by atoms with Crippen molar-refractivity contribution < 1.29 is 8.42 Å². The van der Waals surface area contributed by atoms with Gasteiger partial charge in [-0.1, -0.05) is 5.92 Å². The summed E-state index contributed by atoms with van der Waals surface area (Å²) >= 11 is 1.64. The van der Waals surface area contributed by atoms with Crippen molar-refractivity contribution in [1.29, 1.82) is 0 Å². The highest BCUT2D eigenvalue weighted by Crippen LogP contribution is 2.21. The lowest BCUT2D eigenvalue weighted by Gasteiger charge is -2.08. The summed E-state index contributed by atoms with van der Waals surface area (Å²) < 4.78 is 22.3. The average Bonchev–Trinajstić information content (AvgIpc) is 2.27. The van der Waals surface area contributed by atoms with Crippen molar-refractivity contribution in [3.8, 4) is 12.3 Å². The van der Waals surface area contributed by atoms with Gasteiger partial charge in [0.05, 0.1) is 11.4 Å². The highest BCUT2D eigenvalue weighted by Gasteiger charge is 2.11. The number of hydrogen-bond acceptors (Lipinski definition) is 5. The minimum absolute atomic E-state index is 0.0604. The molecule has 1 rings (SSSR count). The van der Waals surface area contributed by atoms with Crippen LogP contribution in [-0.2, 0) is 10.0 Å². The zero-order chi connectivity index (χ0) is 13.6. The van der Waals surface area contributed by atoms with Crippen molar-refractivity contribution in [3.05, 3.63) is 18.2 Å². The summed E-state index contributed by atoms with van der Waals surface area (Å²) in [5, 5.41) is 8.13. The molecule has 0 amide bonds. The molecule has 0 aliphatic heterocycles. The quantitative estimate of drug-likeness (QED) is 0.406. The third kappa shape index (κ3) is 4.49. The Morgan fingerprint density at radius 3 is 2.72 bits per heavy atom. The molecule has 7 heteroatoms. The SMILES string of the molecule is C#CCSCCNc1ccc(S(N)(=O)=O)c(N)c1. The second-order valence-corrected chi connectivity index (χ2v) is 6.12. The highest BCUT2D eigenvalue weighted by molar-refractivity contribution is 7.99. The zero-order valence-corrected chi connectivity index (χ0v) is 11.4. The average molecular weight is 285 g/mol. The van der Waals surface area contributed by atoms with Crippen LogP contribution in [-0.4, -0.2) is 26.5 Å². The van der Waals surface area contributed by atoms with Crippen molar-refractivity contribution in [2.24, 2.45) is 5.14 Å². The van der Waals surface area contributed by atoms with Crippen LogP contribution in [0.25, 0.3) is 0 Å². The molecular weight excluding hydrogens is 270 g/mol. The Morgan fingerprint density at radius 2 is 2.17 bits per heavy atom.